The molecule has 0 spiro atoms. The third-order valence-corrected chi connectivity index (χ3v) is 4.89. The van der Waals surface area contributed by atoms with Crippen molar-refractivity contribution in [2.45, 2.75) is 44.1 Å². The van der Waals surface area contributed by atoms with Crippen molar-refractivity contribution >= 4 is 11.8 Å². The van der Waals surface area contributed by atoms with Crippen molar-refractivity contribution in [2.75, 3.05) is 38.8 Å². The Kier molecular flexibility index (Phi) is 4.87. The summed E-state index contributed by atoms with van der Waals surface area (Å²) in [6.45, 7) is 4.22. The number of hydrogen-bond acceptors (Lipinski definition) is 5. The number of carbonyl (C=O) groups excluding carboxylic acids is 1. The van der Waals surface area contributed by atoms with Crippen LogP contribution in [-0.4, -0.2) is 55.6 Å². The van der Waals surface area contributed by atoms with E-state index >= 15 is 0 Å². The van der Waals surface area contributed by atoms with Gasteiger partial charge < -0.3 is 18.9 Å². The zero-order valence-corrected chi connectivity index (χ0v) is 13.8. The molecule has 0 radical (unpaired) electrons. The lowest BCUT2D eigenvalue weighted by Crippen LogP contribution is -2.52. The van der Waals surface area contributed by atoms with Crippen molar-refractivity contribution in [3.8, 4) is 0 Å². The lowest BCUT2D eigenvalue weighted by atomic mass is 9.86. The number of urea groups is 1. The third kappa shape index (κ3) is 3.50. The highest BCUT2D eigenvalue weighted by Crippen LogP contribution is 2.41. The van der Waals surface area contributed by atoms with Crippen LogP contribution in [0.3, 0.4) is 0 Å². The summed E-state index contributed by atoms with van der Waals surface area (Å²) < 4.78 is 16.1. The van der Waals surface area contributed by atoms with Crippen molar-refractivity contribution in [3.63, 3.8) is 0 Å². The van der Waals surface area contributed by atoms with Gasteiger partial charge in [-0.2, -0.15) is 0 Å². The summed E-state index contributed by atoms with van der Waals surface area (Å²) in [5, 5.41) is 6.85. The molecule has 1 saturated carbocycles. The molecular weight excluding hydrogens is 298 g/mol. The Morgan fingerprint density at radius 3 is 3.04 bits per heavy atom. The van der Waals surface area contributed by atoms with Crippen LogP contribution in [-0.2, 0) is 14.9 Å². The van der Waals surface area contributed by atoms with E-state index in [1.165, 1.54) is 12.8 Å². The van der Waals surface area contributed by atoms with Crippen molar-refractivity contribution < 1.29 is 18.8 Å². The minimum atomic E-state index is -0.188. The summed E-state index contributed by atoms with van der Waals surface area (Å²) >= 11 is 0. The second kappa shape index (κ2) is 6.88. The minimum Gasteiger partial charge on any atom is -0.382 e. The number of amides is 2. The van der Waals surface area contributed by atoms with E-state index < -0.39 is 0 Å². The van der Waals surface area contributed by atoms with Gasteiger partial charge in [0.2, 0.25) is 0 Å². The van der Waals surface area contributed by atoms with E-state index in [4.69, 9.17) is 14.0 Å². The molecule has 7 nitrogen and oxygen atoms in total. The van der Waals surface area contributed by atoms with E-state index in [0.717, 1.165) is 18.6 Å². The molecule has 23 heavy (non-hydrogen) atoms. The maximum Gasteiger partial charge on any atom is 0.323 e. The zero-order chi connectivity index (χ0) is 16.3. The Balaban J connectivity index is 1.64. The molecule has 7 heteroatoms. The lowest BCUT2D eigenvalue weighted by molar-refractivity contribution is -0.0133. The molecule has 2 heterocycles. The number of rotatable bonds is 4. The van der Waals surface area contributed by atoms with Gasteiger partial charge in [0, 0.05) is 25.1 Å². The smallest absolute Gasteiger partial charge is 0.323 e. The largest absolute Gasteiger partial charge is 0.382 e. The minimum absolute atomic E-state index is 0.0491. The van der Waals surface area contributed by atoms with E-state index in [-0.39, 0.29) is 17.5 Å². The molecule has 1 aliphatic heterocycles. The number of hydrogen-bond donors (Lipinski definition) is 1. The predicted octanol–water partition coefficient (Wildman–Crippen LogP) is 2.39. The Bertz CT molecular complexity index is 537. The third-order valence-electron chi connectivity index (χ3n) is 4.89. The van der Waals surface area contributed by atoms with Crippen LogP contribution in [0.5, 0.6) is 0 Å². The number of nitrogens with one attached hydrogen (secondary N) is 1. The number of nitrogens with zero attached hydrogens (tertiary/aromatic N) is 2. The number of ether oxygens (including phenoxy) is 2. The molecule has 0 bridgehead atoms. The first-order chi connectivity index (χ1) is 11.1. The zero-order valence-electron chi connectivity index (χ0n) is 13.8. The monoisotopic (exact) mass is 323 g/mol. The highest BCUT2D eigenvalue weighted by atomic mass is 16.5. The van der Waals surface area contributed by atoms with Crippen LogP contribution in [0, 0.1) is 0 Å². The molecule has 1 aliphatic carbocycles. The van der Waals surface area contributed by atoms with Crippen molar-refractivity contribution in [2.24, 2.45) is 0 Å². The molecule has 1 unspecified atom stereocenters. The molecule has 1 aromatic rings. The van der Waals surface area contributed by atoms with E-state index in [9.17, 15) is 4.79 Å². The summed E-state index contributed by atoms with van der Waals surface area (Å²) in [6, 6.07) is 1.59. The van der Waals surface area contributed by atoms with Crippen molar-refractivity contribution in [1.82, 2.24) is 10.1 Å². The summed E-state index contributed by atoms with van der Waals surface area (Å²) in [7, 11) is 1.62. The fraction of sp³-hybridized carbons (Fsp3) is 0.750. The normalized spacial score (nSPS) is 23.9. The van der Waals surface area contributed by atoms with E-state index in [2.05, 4.69) is 17.4 Å². The molecule has 1 atom stereocenters. The standard InChI is InChI=1S/C16H25N3O4/c1-16(5-3-4-6-16)13-9-14(18-23-13)17-15(20)19-7-8-22-11-12(19)10-21-2/h9,12H,3-8,10-11H2,1-2H3,(H,17,18,20). The van der Waals surface area contributed by atoms with Crippen LogP contribution in [0.2, 0.25) is 0 Å². The van der Waals surface area contributed by atoms with Crippen LogP contribution < -0.4 is 5.32 Å². The fourth-order valence-corrected chi connectivity index (χ4v) is 3.45. The number of methoxy groups -OCH3 is 1. The van der Waals surface area contributed by atoms with Crippen LogP contribution in [0.4, 0.5) is 10.6 Å². The van der Waals surface area contributed by atoms with Gasteiger partial charge in [-0.3, -0.25) is 5.32 Å². The quantitative estimate of drug-likeness (QED) is 0.920. The molecule has 128 valence electrons. The van der Waals surface area contributed by atoms with Crippen molar-refractivity contribution in [1.29, 1.82) is 0 Å². The number of anilines is 1. The lowest BCUT2D eigenvalue weighted by Gasteiger charge is -2.34. The maximum absolute atomic E-state index is 12.5. The van der Waals surface area contributed by atoms with Gasteiger partial charge in [-0.25, -0.2) is 4.79 Å². The summed E-state index contributed by atoms with van der Waals surface area (Å²) in [6.07, 6.45) is 4.64. The average molecular weight is 323 g/mol. The summed E-state index contributed by atoms with van der Waals surface area (Å²) in [5.74, 6) is 1.33. The summed E-state index contributed by atoms with van der Waals surface area (Å²) in [4.78, 5) is 14.2. The number of aromatic nitrogens is 1. The number of carbonyl (C=O) groups is 1. The highest BCUT2D eigenvalue weighted by Gasteiger charge is 2.35. The van der Waals surface area contributed by atoms with E-state index in [0.29, 0.717) is 32.2 Å². The molecule has 3 rings (SSSR count). The Labute approximate surface area is 136 Å². The fourth-order valence-electron chi connectivity index (χ4n) is 3.45. The van der Waals surface area contributed by atoms with Gasteiger partial charge >= 0.3 is 6.03 Å². The van der Waals surface area contributed by atoms with Crippen LogP contribution >= 0.6 is 0 Å². The van der Waals surface area contributed by atoms with Gasteiger partial charge in [-0.05, 0) is 12.8 Å². The van der Waals surface area contributed by atoms with Crippen molar-refractivity contribution in [3.05, 3.63) is 11.8 Å². The molecule has 1 saturated heterocycles. The van der Waals surface area contributed by atoms with Gasteiger partial charge in [0.1, 0.15) is 5.76 Å². The predicted molar refractivity (Wildman–Crippen MR) is 84.5 cm³/mol. The summed E-state index contributed by atoms with van der Waals surface area (Å²) in [5.41, 5.74) is 0.0491. The first kappa shape index (κ1) is 16.3. The second-order valence-electron chi connectivity index (χ2n) is 6.65. The van der Waals surface area contributed by atoms with Crippen LogP contribution in [0.1, 0.15) is 38.4 Å². The van der Waals surface area contributed by atoms with Crippen LogP contribution in [0.15, 0.2) is 10.6 Å². The first-order valence-electron chi connectivity index (χ1n) is 8.24. The molecular formula is C16H25N3O4. The molecule has 1 N–H and O–H groups in total. The number of morpholine rings is 1. The van der Waals surface area contributed by atoms with E-state index in [1.807, 2.05) is 6.07 Å². The van der Waals surface area contributed by atoms with E-state index in [1.54, 1.807) is 12.0 Å². The Morgan fingerprint density at radius 2 is 2.30 bits per heavy atom. The topological polar surface area (TPSA) is 76.8 Å². The molecule has 2 amide bonds. The first-order valence-corrected chi connectivity index (χ1v) is 8.24. The Hall–Kier alpha value is -1.60. The molecule has 1 aromatic heterocycles. The SMILES string of the molecule is COCC1COCCN1C(=O)Nc1cc(C2(C)CCCC2)on1. The van der Waals surface area contributed by atoms with Gasteiger partial charge in [-0.1, -0.05) is 24.9 Å². The van der Waals surface area contributed by atoms with Gasteiger partial charge in [0.05, 0.1) is 25.9 Å². The molecule has 0 aromatic carbocycles. The van der Waals surface area contributed by atoms with Gasteiger partial charge in [0.25, 0.3) is 0 Å². The maximum atomic E-state index is 12.5. The van der Waals surface area contributed by atoms with Gasteiger partial charge in [-0.15, -0.1) is 0 Å². The Morgan fingerprint density at radius 1 is 1.52 bits per heavy atom. The van der Waals surface area contributed by atoms with Gasteiger partial charge in [0.15, 0.2) is 5.82 Å². The van der Waals surface area contributed by atoms with Crippen LogP contribution in [0.25, 0.3) is 0 Å². The molecule has 2 fully saturated rings. The second-order valence-corrected chi connectivity index (χ2v) is 6.65. The average Bonchev–Trinajstić information content (AvgIpc) is 3.18. The molecule has 2 aliphatic rings. The highest BCUT2D eigenvalue weighted by molar-refractivity contribution is 5.88.